The van der Waals surface area contributed by atoms with Crippen LogP contribution in [0.3, 0.4) is 0 Å². The van der Waals surface area contributed by atoms with Crippen LogP contribution in [0.2, 0.25) is 0 Å². The van der Waals surface area contributed by atoms with E-state index in [-0.39, 0.29) is 21.9 Å². The van der Waals surface area contributed by atoms with Crippen molar-refractivity contribution < 1.29 is 4.79 Å². The topological polar surface area (TPSA) is 150 Å². The zero-order chi connectivity index (χ0) is 16.0. The van der Waals surface area contributed by atoms with Gasteiger partial charge in [0.25, 0.3) is 5.91 Å². The maximum absolute atomic E-state index is 11.5. The summed E-state index contributed by atoms with van der Waals surface area (Å²) in [6, 6.07) is 2.04. The number of nitriles is 1. The molecule has 0 aromatic carbocycles. The fourth-order valence-electron chi connectivity index (χ4n) is 2.32. The van der Waals surface area contributed by atoms with Crippen LogP contribution in [0.15, 0.2) is 12.5 Å². The Morgan fingerprint density at radius 1 is 1.45 bits per heavy atom. The first-order chi connectivity index (χ1) is 10.5. The molecule has 9 heteroatoms. The number of hydrogen-bond donors (Lipinski definition) is 3. The second-order valence-electron chi connectivity index (χ2n) is 4.64. The van der Waals surface area contributed by atoms with Crippen molar-refractivity contribution in [3.05, 3.63) is 23.0 Å². The van der Waals surface area contributed by atoms with Gasteiger partial charge in [0, 0.05) is 18.0 Å². The van der Waals surface area contributed by atoms with Crippen molar-refractivity contribution in [2.45, 2.75) is 0 Å². The van der Waals surface area contributed by atoms with Gasteiger partial charge in [0.05, 0.1) is 23.9 Å². The lowest BCUT2D eigenvalue weighted by atomic mass is 10.0. The van der Waals surface area contributed by atoms with Crippen LogP contribution in [0.1, 0.15) is 15.2 Å². The normalized spacial score (nSPS) is 10.7. The van der Waals surface area contributed by atoms with Crippen LogP contribution in [-0.2, 0) is 7.05 Å². The van der Waals surface area contributed by atoms with Gasteiger partial charge in [-0.3, -0.25) is 4.79 Å². The van der Waals surface area contributed by atoms with Crippen LogP contribution in [0.5, 0.6) is 0 Å². The number of primary amides is 1. The number of hydrogen-bond acceptors (Lipinski definition) is 7. The summed E-state index contributed by atoms with van der Waals surface area (Å²) in [5.74, 6) is -0.572. The van der Waals surface area contributed by atoms with E-state index in [1.54, 1.807) is 24.1 Å². The Morgan fingerprint density at radius 2 is 2.18 bits per heavy atom. The average Bonchev–Trinajstić information content (AvgIpc) is 3.01. The van der Waals surface area contributed by atoms with Gasteiger partial charge in [-0.1, -0.05) is 0 Å². The number of aromatic nitrogens is 3. The monoisotopic (exact) mass is 313 g/mol. The zero-order valence-electron chi connectivity index (χ0n) is 11.5. The van der Waals surface area contributed by atoms with Crippen LogP contribution < -0.4 is 17.2 Å². The number of nitrogens with two attached hydrogens (primary N) is 3. The van der Waals surface area contributed by atoms with Gasteiger partial charge in [-0.25, -0.2) is 9.97 Å². The molecule has 0 aliphatic carbocycles. The predicted molar refractivity (Wildman–Crippen MR) is 83.9 cm³/mol. The number of thiophene rings is 1. The summed E-state index contributed by atoms with van der Waals surface area (Å²) in [5, 5.41) is 9.92. The predicted octanol–water partition coefficient (Wildman–Crippen LogP) is 0.832. The number of carbonyl (C=O) groups excluding carboxylic acids is 1. The molecule has 0 unspecified atom stereocenters. The molecule has 3 heterocycles. The molecule has 3 aromatic heterocycles. The maximum Gasteiger partial charge on any atom is 0.260 e. The number of imidazole rings is 1. The molecule has 3 aromatic rings. The first kappa shape index (κ1) is 13.8. The summed E-state index contributed by atoms with van der Waals surface area (Å²) < 4.78 is 1.73. The molecular formula is C13H11N7OS. The first-order valence-electron chi connectivity index (χ1n) is 6.13. The molecule has 3 rings (SSSR count). The molecule has 0 fully saturated rings. The number of rotatable bonds is 2. The van der Waals surface area contributed by atoms with E-state index >= 15 is 0 Å². The smallest absolute Gasteiger partial charge is 0.260 e. The summed E-state index contributed by atoms with van der Waals surface area (Å²) in [7, 11) is 1.78. The van der Waals surface area contributed by atoms with E-state index < -0.39 is 5.91 Å². The van der Waals surface area contributed by atoms with Crippen molar-refractivity contribution in [1.29, 1.82) is 5.26 Å². The van der Waals surface area contributed by atoms with Crippen LogP contribution in [0, 0.1) is 11.3 Å². The van der Waals surface area contributed by atoms with Gasteiger partial charge in [0.1, 0.15) is 27.2 Å². The molecule has 0 aliphatic rings. The fourth-order valence-corrected chi connectivity index (χ4v) is 3.28. The highest BCUT2D eigenvalue weighted by molar-refractivity contribution is 7.21. The minimum Gasteiger partial charge on any atom is -0.397 e. The third-order valence-electron chi connectivity index (χ3n) is 3.31. The van der Waals surface area contributed by atoms with Gasteiger partial charge in [0.15, 0.2) is 0 Å². The van der Waals surface area contributed by atoms with Crippen molar-refractivity contribution in [3.8, 4) is 17.3 Å². The highest BCUT2D eigenvalue weighted by atomic mass is 32.1. The van der Waals surface area contributed by atoms with Crippen molar-refractivity contribution in [1.82, 2.24) is 14.5 Å². The van der Waals surface area contributed by atoms with Gasteiger partial charge < -0.3 is 21.8 Å². The second kappa shape index (κ2) is 4.71. The number of anilines is 2. The standard InChI is InChI=1S/C13H11N7OS/c1-20-4-18-3-6(20)7-5(2-14)11(16)19-13-8(7)9(15)10(22-13)12(17)21/h3-4H,15H2,1H3,(H2,16,19)(H2,17,21). The lowest BCUT2D eigenvalue weighted by Gasteiger charge is -2.09. The SMILES string of the molecule is Cn1cncc1-c1c(C#N)c(N)nc2sc(C(N)=O)c(N)c12. The molecule has 110 valence electrons. The van der Waals surface area contributed by atoms with Gasteiger partial charge in [-0.2, -0.15) is 5.26 Å². The van der Waals surface area contributed by atoms with E-state index in [1.165, 1.54) is 0 Å². The van der Waals surface area contributed by atoms with E-state index in [0.29, 0.717) is 21.5 Å². The van der Waals surface area contributed by atoms with Crippen LogP contribution in [-0.4, -0.2) is 20.4 Å². The minimum atomic E-state index is -0.645. The van der Waals surface area contributed by atoms with E-state index in [0.717, 1.165) is 11.3 Å². The Balaban J connectivity index is 2.54. The van der Waals surface area contributed by atoms with Crippen LogP contribution in [0.4, 0.5) is 11.5 Å². The summed E-state index contributed by atoms with van der Waals surface area (Å²) in [4.78, 5) is 20.4. The Morgan fingerprint density at radius 3 is 2.73 bits per heavy atom. The number of nitrogens with zero attached hydrogens (tertiary/aromatic N) is 4. The number of carbonyl (C=O) groups is 1. The third-order valence-corrected chi connectivity index (χ3v) is 4.43. The van der Waals surface area contributed by atoms with E-state index in [2.05, 4.69) is 9.97 Å². The molecular weight excluding hydrogens is 302 g/mol. The molecule has 0 aliphatic heterocycles. The quantitative estimate of drug-likeness (QED) is 0.637. The largest absolute Gasteiger partial charge is 0.397 e. The first-order valence-corrected chi connectivity index (χ1v) is 6.95. The summed E-state index contributed by atoms with van der Waals surface area (Å²) in [6.45, 7) is 0. The molecule has 0 saturated heterocycles. The summed E-state index contributed by atoms with van der Waals surface area (Å²) >= 11 is 1.05. The number of pyridine rings is 1. The highest BCUT2D eigenvalue weighted by Crippen LogP contribution is 2.42. The summed E-state index contributed by atoms with van der Waals surface area (Å²) in [6.07, 6.45) is 3.19. The molecule has 1 amide bonds. The van der Waals surface area contributed by atoms with Gasteiger partial charge in [-0.15, -0.1) is 11.3 Å². The van der Waals surface area contributed by atoms with Crippen LogP contribution >= 0.6 is 11.3 Å². The Labute approximate surface area is 128 Å². The Hall–Kier alpha value is -3.12. The number of aryl methyl sites for hydroxylation is 1. The number of nitrogen functional groups attached to an aromatic ring is 2. The third kappa shape index (κ3) is 1.78. The molecule has 6 N–H and O–H groups in total. The van der Waals surface area contributed by atoms with Crippen LogP contribution in [0.25, 0.3) is 21.5 Å². The summed E-state index contributed by atoms with van der Waals surface area (Å²) in [5.41, 5.74) is 18.8. The van der Waals surface area contributed by atoms with Gasteiger partial charge in [0.2, 0.25) is 0 Å². The number of amides is 1. The second-order valence-corrected chi connectivity index (χ2v) is 5.64. The van der Waals surface area contributed by atoms with Crippen molar-refractivity contribution in [2.75, 3.05) is 11.5 Å². The lowest BCUT2D eigenvalue weighted by Crippen LogP contribution is -2.10. The molecule has 0 spiro atoms. The maximum atomic E-state index is 11.5. The molecule has 0 bridgehead atoms. The van der Waals surface area contributed by atoms with Crippen molar-refractivity contribution in [2.24, 2.45) is 12.8 Å². The molecule has 8 nitrogen and oxygen atoms in total. The Bertz CT molecular complexity index is 963. The van der Waals surface area contributed by atoms with E-state index in [9.17, 15) is 10.1 Å². The molecule has 22 heavy (non-hydrogen) atoms. The minimum absolute atomic E-state index is 0.0727. The van der Waals surface area contributed by atoms with Crippen molar-refractivity contribution in [3.63, 3.8) is 0 Å². The average molecular weight is 313 g/mol. The lowest BCUT2D eigenvalue weighted by molar-refractivity contribution is 0.100. The zero-order valence-corrected chi connectivity index (χ0v) is 12.3. The molecule has 0 radical (unpaired) electrons. The van der Waals surface area contributed by atoms with E-state index in [1.807, 2.05) is 6.07 Å². The Kier molecular flexibility index (Phi) is 2.97. The van der Waals surface area contributed by atoms with Gasteiger partial charge in [-0.05, 0) is 0 Å². The molecule has 0 saturated carbocycles. The van der Waals surface area contributed by atoms with Crippen molar-refractivity contribution >= 4 is 39.0 Å². The van der Waals surface area contributed by atoms with Gasteiger partial charge >= 0.3 is 0 Å². The van der Waals surface area contributed by atoms with E-state index in [4.69, 9.17) is 17.2 Å². The number of fused-ring (bicyclic) bond motifs is 1. The fraction of sp³-hybridized carbons (Fsp3) is 0.0769. The highest BCUT2D eigenvalue weighted by Gasteiger charge is 2.24. The molecule has 0 atom stereocenters.